The summed E-state index contributed by atoms with van der Waals surface area (Å²) in [6.07, 6.45) is 0.624. The molecule has 4 rings (SSSR count). The van der Waals surface area contributed by atoms with Crippen molar-refractivity contribution in [3.63, 3.8) is 0 Å². The molecule has 27 heavy (non-hydrogen) atoms. The molecule has 1 N–H and O–H groups in total. The SMILES string of the molecule is Cc1ccc(S(=O)(=O)N2CCc3c2ccc(CO)c3-c2ccccc2)cc1. The van der Waals surface area contributed by atoms with Crippen LogP contribution in [0.5, 0.6) is 0 Å². The maximum Gasteiger partial charge on any atom is 0.264 e. The Hall–Kier alpha value is -2.63. The van der Waals surface area contributed by atoms with Crippen molar-refractivity contribution in [1.29, 1.82) is 0 Å². The minimum absolute atomic E-state index is 0.0811. The highest BCUT2D eigenvalue weighted by Crippen LogP contribution is 2.41. The fourth-order valence-electron chi connectivity index (χ4n) is 3.69. The Balaban J connectivity index is 1.85. The average molecular weight is 379 g/mol. The first kappa shape index (κ1) is 17.8. The van der Waals surface area contributed by atoms with Crippen LogP contribution in [0.3, 0.4) is 0 Å². The van der Waals surface area contributed by atoms with Gasteiger partial charge in [0.05, 0.1) is 17.2 Å². The molecule has 0 atom stereocenters. The number of fused-ring (bicyclic) bond motifs is 1. The van der Waals surface area contributed by atoms with Gasteiger partial charge >= 0.3 is 0 Å². The Morgan fingerprint density at radius 3 is 2.33 bits per heavy atom. The van der Waals surface area contributed by atoms with Gasteiger partial charge in [0.25, 0.3) is 10.0 Å². The number of nitrogens with zero attached hydrogens (tertiary/aromatic N) is 1. The van der Waals surface area contributed by atoms with E-state index in [1.807, 2.05) is 61.5 Å². The number of aryl methyl sites for hydroxylation is 1. The molecule has 4 nitrogen and oxygen atoms in total. The number of rotatable bonds is 4. The fraction of sp³-hybridized carbons (Fsp3) is 0.182. The number of sulfonamides is 1. The van der Waals surface area contributed by atoms with E-state index < -0.39 is 10.0 Å². The van der Waals surface area contributed by atoms with Gasteiger partial charge in [-0.3, -0.25) is 4.31 Å². The first-order valence-corrected chi connectivity index (χ1v) is 10.4. The van der Waals surface area contributed by atoms with Crippen LogP contribution in [0, 0.1) is 6.92 Å². The molecule has 0 unspecified atom stereocenters. The molecule has 0 radical (unpaired) electrons. The fourth-order valence-corrected chi connectivity index (χ4v) is 5.19. The Morgan fingerprint density at radius 2 is 1.67 bits per heavy atom. The molecular weight excluding hydrogens is 358 g/mol. The van der Waals surface area contributed by atoms with E-state index in [1.165, 1.54) is 4.31 Å². The molecule has 0 bridgehead atoms. The van der Waals surface area contributed by atoms with Crippen LogP contribution < -0.4 is 4.31 Å². The van der Waals surface area contributed by atoms with Crippen LogP contribution >= 0.6 is 0 Å². The second-order valence-electron chi connectivity index (χ2n) is 6.76. The summed E-state index contributed by atoms with van der Waals surface area (Å²) in [6, 6.07) is 20.4. The molecule has 0 saturated carbocycles. The van der Waals surface area contributed by atoms with Crippen molar-refractivity contribution in [2.24, 2.45) is 0 Å². The van der Waals surface area contributed by atoms with Crippen molar-refractivity contribution in [2.75, 3.05) is 10.8 Å². The molecule has 0 amide bonds. The van der Waals surface area contributed by atoms with Gasteiger partial charge in [-0.25, -0.2) is 8.42 Å². The molecule has 1 aliphatic rings. The molecule has 1 aliphatic heterocycles. The van der Waals surface area contributed by atoms with Gasteiger partial charge < -0.3 is 5.11 Å². The summed E-state index contributed by atoms with van der Waals surface area (Å²) in [5.41, 5.74) is 5.45. The number of hydrogen-bond donors (Lipinski definition) is 1. The van der Waals surface area contributed by atoms with Crippen LogP contribution in [0.15, 0.2) is 71.6 Å². The zero-order chi connectivity index (χ0) is 19.0. The Kier molecular flexibility index (Phi) is 4.50. The van der Waals surface area contributed by atoms with Gasteiger partial charge in [0.15, 0.2) is 0 Å². The van der Waals surface area contributed by atoms with E-state index in [4.69, 9.17) is 0 Å². The second kappa shape index (κ2) is 6.83. The quantitative estimate of drug-likeness (QED) is 0.748. The van der Waals surface area contributed by atoms with E-state index in [2.05, 4.69) is 0 Å². The lowest BCUT2D eigenvalue weighted by Crippen LogP contribution is -2.29. The van der Waals surface area contributed by atoms with Crippen molar-refractivity contribution in [2.45, 2.75) is 24.8 Å². The predicted molar refractivity (Wildman–Crippen MR) is 107 cm³/mol. The molecular formula is C22H21NO3S. The highest BCUT2D eigenvalue weighted by molar-refractivity contribution is 7.92. The summed E-state index contributed by atoms with van der Waals surface area (Å²) in [7, 11) is -3.62. The van der Waals surface area contributed by atoms with Gasteiger partial charge in [0.1, 0.15) is 0 Å². The zero-order valence-electron chi connectivity index (χ0n) is 15.1. The third-order valence-corrected chi connectivity index (χ3v) is 6.88. The number of hydrogen-bond acceptors (Lipinski definition) is 3. The lowest BCUT2D eigenvalue weighted by atomic mass is 9.93. The van der Waals surface area contributed by atoms with Gasteiger partial charge in [0.2, 0.25) is 0 Å². The molecule has 5 heteroatoms. The largest absolute Gasteiger partial charge is 0.392 e. The van der Waals surface area contributed by atoms with Crippen LogP contribution in [-0.4, -0.2) is 20.1 Å². The van der Waals surface area contributed by atoms with Crippen LogP contribution in [0.25, 0.3) is 11.1 Å². The van der Waals surface area contributed by atoms with Crippen molar-refractivity contribution in [1.82, 2.24) is 0 Å². The molecule has 0 aliphatic carbocycles. The van der Waals surface area contributed by atoms with Crippen LogP contribution in [0.4, 0.5) is 5.69 Å². The van der Waals surface area contributed by atoms with E-state index in [0.717, 1.165) is 27.8 Å². The van der Waals surface area contributed by atoms with Gasteiger partial charge in [-0.1, -0.05) is 54.1 Å². The minimum atomic E-state index is -3.62. The summed E-state index contributed by atoms with van der Waals surface area (Å²) in [4.78, 5) is 0.299. The maximum absolute atomic E-state index is 13.2. The van der Waals surface area contributed by atoms with Crippen molar-refractivity contribution in [3.05, 3.63) is 83.4 Å². The lowest BCUT2D eigenvalue weighted by molar-refractivity contribution is 0.282. The maximum atomic E-state index is 13.2. The van der Waals surface area contributed by atoms with Gasteiger partial charge in [-0.05, 0) is 53.8 Å². The highest BCUT2D eigenvalue weighted by Gasteiger charge is 2.33. The molecule has 3 aromatic rings. The monoisotopic (exact) mass is 379 g/mol. The minimum Gasteiger partial charge on any atom is -0.392 e. The Morgan fingerprint density at radius 1 is 0.963 bits per heavy atom. The zero-order valence-corrected chi connectivity index (χ0v) is 15.9. The summed E-state index contributed by atoms with van der Waals surface area (Å²) < 4.78 is 27.9. The predicted octanol–water partition coefficient (Wildman–Crippen LogP) is 3.91. The lowest BCUT2D eigenvalue weighted by Gasteiger charge is -2.21. The molecule has 0 aromatic heterocycles. The van der Waals surface area contributed by atoms with E-state index in [-0.39, 0.29) is 6.61 Å². The molecule has 0 saturated heterocycles. The van der Waals surface area contributed by atoms with Crippen molar-refractivity contribution < 1.29 is 13.5 Å². The molecule has 0 fully saturated rings. The first-order valence-electron chi connectivity index (χ1n) is 8.93. The topological polar surface area (TPSA) is 57.6 Å². The summed E-state index contributed by atoms with van der Waals surface area (Å²) in [6.45, 7) is 2.26. The number of aliphatic hydroxyl groups excluding tert-OH is 1. The summed E-state index contributed by atoms with van der Waals surface area (Å²) in [5, 5.41) is 9.81. The Bertz CT molecular complexity index is 1070. The van der Waals surface area contributed by atoms with E-state index in [1.54, 1.807) is 12.1 Å². The van der Waals surface area contributed by atoms with Crippen LogP contribution in [0.1, 0.15) is 16.7 Å². The van der Waals surface area contributed by atoms with Gasteiger partial charge in [-0.2, -0.15) is 0 Å². The van der Waals surface area contributed by atoms with E-state index >= 15 is 0 Å². The normalized spacial score (nSPS) is 13.6. The number of anilines is 1. The summed E-state index contributed by atoms with van der Waals surface area (Å²) >= 11 is 0. The van der Waals surface area contributed by atoms with Crippen molar-refractivity contribution >= 4 is 15.7 Å². The number of aliphatic hydroxyl groups is 1. The number of benzene rings is 3. The second-order valence-corrected chi connectivity index (χ2v) is 8.62. The third-order valence-electron chi connectivity index (χ3n) is 5.05. The summed E-state index contributed by atoms with van der Waals surface area (Å²) in [5.74, 6) is 0. The molecule has 3 aromatic carbocycles. The van der Waals surface area contributed by atoms with Gasteiger partial charge in [0, 0.05) is 6.54 Å². The molecule has 1 heterocycles. The standard InChI is InChI=1S/C22H21NO3S/c1-16-7-10-19(11-8-16)27(25,26)23-14-13-20-21(23)12-9-18(15-24)22(20)17-5-3-2-4-6-17/h2-12,24H,13-15H2,1H3. The van der Waals surface area contributed by atoms with Crippen LogP contribution in [-0.2, 0) is 23.1 Å². The van der Waals surface area contributed by atoms with E-state index in [0.29, 0.717) is 23.5 Å². The van der Waals surface area contributed by atoms with Crippen molar-refractivity contribution in [3.8, 4) is 11.1 Å². The molecule has 138 valence electrons. The first-order chi connectivity index (χ1) is 13.0. The molecule has 0 spiro atoms. The smallest absolute Gasteiger partial charge is 0.264 e. The third kappa shape index (κ3) is 3.03. The van der Waals surface area contributed by atoms with Gasteiger partial charge in [-0.15, -0.1) is 0 Å². The Labute approximate surface area is 159 Å². The average Bonchev–Trinajstić information content (AvgIpc) is 3.13. The van der Waals surface area contributed by atoms with Crippen LogP contribution in [0.2, 0.25) is 0 Å². The van der Waals surface area contributed by atoms with E-state index in [9.17, 15) is 13.5 Å². The highest BCUT2D eigenvalue weighted by atomic mass is 32.2.